The van der Waals surface area contributed by atoms with Crippen LogP contribution in [-0.4, -0.2) is 19.6 Å². The van der Waals surface area contributed by atoms with Gasteiger partial charge in [-0.2, -0.15) is 8.75 Å². The molecule has 2 aromatic heterocycles. The van der Waals surface area contributed by atoms with Crippen LogP contribution < -0.4 is 5.32 Å². The Balaban J connectivity index is 1.68. The van der Waals surface area contributed by atoms with Gasteiger partial charge in [-0.1, -0.05) is 23.5 Å². The quantitative estimate of drug-likeness (QED) is 0.595. The Labute approximate surface area is 140 Å². The predicted molar refractivity (Wildman–Crippen MR) is 94.5 cm³/mol. The zero-order valence-electron chi connectivity index (χ0n) is 12.5. The third-order valence-electron chi connectivity index (χ3n) is 3.68. The van der Waals surface area contributed by atoms with Gasteiger partial charge in [-0.05, 0) is 43.2 Å². The van der Waals surface area contributed by atoms with Crippen LogP contribution in [0.1, 0.15) is 21.5 Å². The minimum atomic E-state index is -0.186. The molecule has 5 nitrogen and oxygen atoms in total. The summed E-state index contributed by atoms with van der Waals surface area (Å²) in [6.45, 7) is 4.07. The van der Waals surface area contributed by atoms with Gasteiger partial charge in [-0.3, -0.25) is 10.1 Å². The first-order valence-electron chi connectivity index (χ1n) is 7.02. The molecule has 0 radical (unpaired) electrons. The highest BCUT2D eigenvalue weighted by Gasteiger charge is 2.13. The van der Waals surface area contributed by atoms with Crippen molar-refractivity contribution in [2.75, 3.05) is 5.32 Å². The highest BCUT2D eigenvalue weighted by molar-refractivity contribution is 7.22. The number of hydrogen-bond acceptors (Lipinski definition) is 6. The van der Waals surface area contributed by atoms with Crippen LogP contribution in [0, 0.1) is 13.8 Å². The van der Waals surface area contributed by atoms with Crippen molar-refractivity contribution in [3.63, 3.8) is 0 Å². The minimum Gasteiger partial charge on any atom is -0.298 e. The van der Waals surface area contributed by atoms with E-state index in [0.29, 0.717) is 10.7 Å². The number of nitrogens with one attached hydrogen (secondary N) is 1. The fourth-order valence-corrected chi connectivity index (χ4v) is 3.93. The van der Waals surface area contributed by atoms with Crippen molar-refractivity contribution < 1.29 is 4.79 Å². The maximum atomic E-state index is 12.4. The van der Waals surface area contributed by atoms with Gasteiger partial charge in [0.05, 0.1) is 21.9 Å². The van der Waals surface area contributed by atoms with Crippen molar-refractivity contribution in [3.05, 3.63) is 47.0 Å². The number of fused-ring (bicyclic) bond motifs is 2. The number of aryl methyl sites for hydroxylation is 2. The summed E-state index contributed by atoms with van der Waals surface area (Å²) in [4.78, 5) is 17.0. The summed E-state index contributed by atoms with van der Waals surface area (Å²) in [6, 6.07) is 9.43. The zero-order chi connectivity index (χ0) is 16.0. The molecular formula is C16H12N4OS2. The molecule has 0 fully saturated rings. The van der Waals surface area contributed by atoms with Crippen LogP contribution in [-0.2, 0) is 0 Å². The van der Waals surface area contributed by atoms with Crippen LogP contribution in [0.15, 0.2) is 30.3 Å². The summed E-state index contributed by atoms with van der Waals surface area (Å²) in [5, 5.41) is 3.49. The Morgan fingerprint density at radius 2 is 1.83 bits per heavy atom. The Morgan fingerprint density at radius 1 is 1.04 bits per heavy atom. The molecule has 0 aliphatic carbocycles. The summed E-state index contributed by atoms with van der Waals surface area (Å²) >= 11 is 2.64. The van der Waals surface area contributed by atoms with Gasteiger partial charge < -0.3 is 0 Å². The van der Waals surface area contributed by atoms with Gasteiger partial charge in [-0.25, -0.2) is 4.98 Å². The monoisotopic (exact) mass is 340 g/mol. The molecule has 0 spiro atoms. The number of thiazole rings is 1. The summed E-state index contributed by atoms with van der Waals surface area (Å²) in [7, 11) is 0. The first kappa shape index (κ1) is 14.2. The summed E-state index contributed by atoms with van der Waals surface area (Å²) in [5.74, 6) is -0.186. The van der Waals surface area contributed by atoms with E-state index < -0.39 is 0 Å². The maximum Gasteiger partial charge on any atom is 0.257 e. The van der Waals surface area contributed by atoms with E-state index in [1.165, 1.54) is 16.9 Å². The van der Waals surface area contributed by atoms with Crippen molar-refractivity contribution in [1.29, 1.82) is 0 Å². The Kier molecular flexibility index (Phi) is 3.32. The first-order valence-corrected chi connectivity index (χ1v) is 8.57. The van der Waals surface area contributed by atoms with E-state index in [9.17, 15) is 4.79 Å². The SMILES string of the molecule is Cc1ccc(C)c2sc(NC(=O)c3ccc4nsnc4c3)nc12. The minimum absolute atomic E-state index is 0.186. The largest absolute Gasteiger partial charge is 0.298 e. The van der Waals surface area contributed by atoms with Crippen LogP contribution in [0.25, 0.3) is 21.3 Å². The molecule has 4 rings (SSSR count). The Hall–Kier alpha value is -2.38. The number of anilines is 1. The lowest BCUT2D eigenvalue weighted by Gasteiger charge is -2.00. The number of amides is 1. The molecule has 0 atom stereocenters. The van der Waals surface area contributed by atoms with Gasteiger partial charge in [0.2, 0.25) is 0 Å². The summed E-state index contributed by atoms with van der Waals surface area (Å²) < 4.78 is 9.41. The molecule has 0 aliphatic rings. The maximum absolute atomic E-state index is 12.4. The smallest absolute Gasteiger partial charge is 0.257 e. The average molecular weight is 340 g/mol. The molecule has 2 aromatic carbocycles. The molecule has 114 valence electrons. The standard InChI is InChI=1S/C16H12N4OS2/c1-8-3-4-9(2)14-13(8)17-16(22-14)18-15(21)10-5-6-11-12(7-10)20-23-19-11/h3-7H,1-2H3,(H,17,18,21). The number of nitrogens with zero attached hydrogens (tertiary/aromatic N) is 3. The highest BCUT2D eigenvalue weighted by atomic mass is 32.1. The number of rotatable bonds is 2. The number of aromatic nitrogens is 3. The van der Waals surface area contributed by atoms with Crippen LogP contribution in [0.3, 0.4) is 0 Å². The van der Waals surface area contributed by atoms with E-state index in [-0.39, 0.29) is 5.91 Å². The van der Waals surface area contributed by atoms with E-state index in [0.717, 1.165) is 38.5 Å². The number of carbonyl (C=O) groups excluding carboxylic acids is 1. The molecule has 0 saturated heterocycles. The topological polar surface area (TPSA) is 67.8 Å². The van der Waals surface area contributed by atoms with Gasteiger partial charge in [0.25, 0.3) is 5.91 Å². The fourth-order valence-electron chi connectivity index (χ4n) is 2.41. The number of hydrogen-bond donors (Lipinski definition) is 1. The van der Waals surface area contributed by atoms with Gasteiger partial charge in [-0.15, -0.1) is 0 Å². The van der Waals surface area contributed by atoms with Crippen LogP contribution in [0.4, 0.5) is 5.13 Å². The van der Waals surface area contributed by atoms with Crippen molar-refractivity contribution in [3.8, 4) is 0 Å². The summed E-state index contributed by atoms with van der Waals surface area (Å²) in [5.41, 5.74) is 5.31. The third-order valence-corrected chi connectivity index (χ3v) is 5.34. The van der Waals surface area contributed by atoms with E-state index >= 15 is 0 Å². The van der Waals surface area contributed by atoms with E-state index in [1.807, 2.05) is 13.0 Å². The predicted octanol–water partition coefficient (Wildman–Crippen LogP) is 4.17. The van der Waals surface area contributed by atoms with Crippen LogP contribution in [0.5, 0.6) is 0 Å². The van der Waals surface area contributed by atoms with Gasteiger partial charge in [0.1, 0.15) is 11.0 Å². The molecule has 0 unspecified atom stereocenters. The Bertz CT molecular complexity index is 1010. The lowest BCUT2D eigenvalue weighted by Crippen LogP contribution is -2.11. The van der Waals surface area contributed by atoms with Gasteiger partial charge >= 0.3 is 0 Å². The molecule has 0 bridgehead atoms. The van der Waals surface area contributed by atoms with Crippen molar-refractivity contribution >= 4 is 55.4 Å². The number of benzene rings is 2. The molecule has 23 heavy (non-hydrogen) atoms. The molecular weight excluding hydrogens is 328 g/mol. The summed E-state index contributed by atoms with van der Waals surface area (Å²) in [6.07, 6.45) is 0. The number of carbonyl (C=O) groups is 1. The van der Waals surface area contributed by atoms with Crippen molar-refractivity contribution in [2.24, 2.45) is 0 Å². The van der Waals surface area contributed by atoms with E-state index in [4.69, 9.17) is 0 Å². The van der Waals surface area contributed by atoms with Crippen molar-refractivity contribution in [1.82, 2.24) is 13.7 Å². The van der Waals surface area contributed by atoms with Crippen molar-refractivity contribution in [2.45, 2.75) is 13.8 Å². The lowest BCUT2D eigenvalue weighted by atomic mass is 10.1. The fraction of sp³-hybridized carbons (Fsp3) is 0.125. The second-order valence-electron chi connectivity index (χ2n) is 5.32. The van der Waals surface area contributed by atoms with E-state index in [2.05, 4.69) is 32.0 Å². The van der Waals surface area contributed by atoms with E-state index in [1.54, 1.807) is 18.2 Å². The molecule has 7 heteroatoms. The molecule has 0 saturated carbocycles. The molecule has 4 aromatic rings. The van der Waals surface area contributed by atoms with Crippen LogP contribution >= 0.6 is 23.1 Å². The first-order chi connectivity index (χ1) is 11.1. The molecule has 0 aliphatic heterocycles. The molecule has 1 N–H and O–H groups in total. The molecule has 1 amide bonds. The normalized spacial score (nSPS) is 11.2. The van der Waals surface area contributed by atoms with Gasteiger partial charge in [0.15, 0.2) is 5.13 Å². The second-order valence-corrected chi connectivity index (χ2v) is 6.85. The molecule has 2 heterocycles. The zero-order valence-corrected chi connectivity index (χ0v) is 14.1. The van der Waals surface area contributed by atoms with Gasteiger partial charge in [0, 0.05) is 5.56 Å². The second kappa shape index (κ2) is 5.36. The average Bonchev–Trinajstić information content (AvgIpc) is 3.17. The van der Waals surface area contributed by atoms with Crippen LogP contribution in [0.2, 0.25) is 0 Å². The lowest BCUT2D eigenvalue weighted by molar-refractivity contribution is 0.102. The highest BCUT2D eigenvalue weighted by Crippen LogP contribution is 2.31. The Morgan fingerprint density at radius 3 is 2.65 bits per heavy atom. The third kappa shape index (κ3) is 2.47.